The minimum atomic E-state index is -3.00. The van der Waals surface area contributed by atoms with E-state index in [2.05, 4.69) is 0 Å². The first-order valence-electron chi connectivity index (χ1n) is 6.82. The molecule has 0 spiro atoms. The van der Waals surface area contributed by atoms with Crippen LogP contribution in [0.2, 0.25) is 0 Å². The fourth-order valence-corrected chi connectivity index (χ4v) is 4.22. The fraction of sp³-hybridized carbons (Fsp3) is 0.600. The lowest BCUT2D eigenvalue weighted by Gasteiger charge is -2.32. The first-order valence-corrected chi connectivity index (χ1v) is 8.77. The van der Waals surface area contributed by atoms with Gasteiger partial charge in [-0.3, -0.25) is 0 Å². The van der Waals surface area contributed by atoms with Crippen molar-refractivity contribution in [3.63, 3.8) is 0 Å². The van der Waals surface area contributed by atoms with Gasteiger partial charge in [-0.2, -0.15) is 0 Å². The number of rotatable bonds is 3. The van der Waals surface area contributed by atoms with Crippen molar-refractivity contribution in [1.29, 1.82) is 0 Å². The zero-order valence-electron chi connectivity index (χ0n) is 11.5. The summed E-state index contributed by atoms with van der Waals surface area (Å²) in [6.45, 7) is 1.98. The van der Waals surface area contributed by atoms with E-state index in [1.165, 1.54) is 6.26 Å². The molecule has 0 amide bonds. The molecule has 1 aliphatic carbocycles. The van der Waals surface area contributed by atoms with E-state index in [0.717, 1.165) is 30.4 Å². The van der Waals surface area contributed by atoms with Gasteiger partial charge in [0.1, 0.15) is 9.84 Å². The summed E-state index contributed by atoms with van der Waals surface area (Å²) in [4.78, 5) is 0. The van der Waals surface area contributed by atoms with Gasteiger partial charge in [0.15, 0.2) is 0 Å². The van der Waals surface area contributed by atoms with Crippen molar-refractivity contribution in [3.05, 3.63) is 35.4 Å². The van der Waals surface area contributed by atoms with Crippen LogP contribution in [0.15, 0.2) is 24.3 Å². The third-order valence-electron chi connectivity index (χ3n) is 4.23. The monoisotopic (exact) mass is 282 g/mol. The number of sulfone groups is 1. The van der Waals surface area contributed by atoms with E-state index in [0.29, 0.717) is 6.42 Å². The molecule has 0 heterocycles. The highest BCUT2D eigenvalue weighted by Crippen LogP contribution is 2.37. The summed E-state index contributed by atoms with van der Waals surface area (Å²) in [7, 11) is -3.00. The number of benzene rings is 1. The van der Waals surface area contributed by atoms with Crippen LogP contribution in [0.25, 0.3) is 0 Å². The van der Waals surface area contributed by atoms with Crippen molar-refractivity contribution in [1.82, 2.24) is 0 Å². The van der Waals surface area contributed by atoms with Crippen molar-refractivity contribution < 1.29 is 13.5 Å². The summed E-state index contributed by atoms with van der Waals surface area (Å²) < 4.78 is 23.4. The Morgan fingerprint density at radius 1 is 1.26 bits per heavy atom. The second-order valence-electron chi connectivity index (χ2n) is 5.68. The molecule has 0 radical (unpaired) electrons. The molecule has 19 heavy (non-hydrogen) atoms. The van der Waals surface area contributed by atoms with Crippen LogP contribution in [-0.4, -0.2) is 25.0 Å². The Morgan fingerprint density at radius 3 is 2.58 bits per heavy atom. The maximum atomic E-state index is 11.7. The molecule has 3 unspecified atom stereocenters. The van der Waals surface area contributed by atoms with Gasteiger partial charge < -0.3 is 5.11 Å². The molecule has 1 fully saturated rings. The summed E-state index contributed by atoms with van der Waals surface area (Å²) in [5, 5.41) is 10.2. The molecule has 0 bridgehead atoms. The maximum Gasteiger partial charge on any atom is 0.150 e. The highest BCUT2D eigenvalue weighted by molar-refractivity contribution is 7.91. The summed E-state index contributed by atoms with van der Waals surface area (Å²) in [5.74, 6) is 0.0505. The smallest absolute Gasteiger partial charge is 0.150 e. The molecule has 2 rings (SSSR count). The summed E-state index contributed by atoms with van der Waals surface area (Å²) >= 11 is 0. The van der Waals surface area contributed by atoms with Crippen molar-refractivity contribution in [3.8, 4) is 0 Å². The Bertz CT molecular complexity index is 536. The molecule has 1 aromatic carbocycles. The Labute approximate surface area is 115 Å². The van der Waals surface area contributed by atoms with Crippen LogP contribution < -0.4 is 0 Å². The van der Waals surface area contributed by atoms with Crippen LogP contribution in [-0.2, 0) is 9.84 Å². The van der Waals surface area contributed by atoms with Crippen LogP contribution in [0.5, 0.6) is 0 Å². The molecule has 0 aliphatic heterocycles. The van der Waals surface area contributed by atoms with Gasteiger partial charge in [0.25, 0.3) is 0 Å². The van der Waals surface area contributed by atoms with Gasteiger partial charge in [0.05, 0.1) is 11.4 Å². The molecule has 106 valence electrons. The van der Waals surface area contributed by atoms with Gasteiger partial charge in [-0.15, -0.1) is 0 Å². The van der Waals surface area contributed by atoms with E-state index in [4.69, 9.17) is 0 Å². The highest BCUT2D eigenvalue weighted by atomic mass is 32.2. The molecule has 3 nitrogen and oxygen atoms in total. The second-order valence-corrected chi connectivity index (χ2v) is 8.01. The standard InChI is InChI=1S/C15H22O3S/c1-11-6-3-4-9-14(11)15(16)12-7-5-8-13(10-12)19(2,17)18/h3-4,6,9,12-13,15-16H,5,7-8,10H2,1-2H3. The molecule has 1 aliphatic rings. The van der Waals surface area contributed by atoms with Gasteiger partial charge in [-0.25, -0.2) is 8.42 Å². The first-order chi connectivity index (χ1) is 8.89. The first kappa shape index (κ1) is 14.5. The molecule has 1 saturated carbocycles. The van der Waals surface area contributed by atoms with Crippen LogP contribution >= 0.6 is 0 Å². The minimum Gasteiger partial charge on any atom is -0.388 e. The Morgan fingerprint density at radius 2 is 1.95 bits per heavy atom. The lowest BCUT2D eigenvalue weighted by molar-refractivity contribution is 0.0852. The van der Waals surface area contributed by atoms with E-state index < -0.39 is 15.9 Å². The number of aryl methyl sites for hydroxylation is 1. The van der Waals surface area contributed by atoms with Crippen LogP contribution in [0.3, 0.4) is 0 Å². The molecule has 4 heteroatoms. The molecule has 1 aromatic rings. The molecule has 0 aromatic heterocycles. The highest BCUT2D eigenvalue weighted by Gasteiger charge is 2.33. The molecule has 0 saturated heterocycles. The topological polar surface area (TPSA) is 54.4 Å². The fourth-order valence-electron chi connectivity index (χ4n) is 3.03. The number of hydrogen-bond acceptors (Lipinski definition) is 3. The normalized spacial score (nSPS) is 26.1. The van der Waals surface area contributed by atoms with E-state index in [1.54, 1.807) is 0 Å². The predicted molar refractivity (Wildman–Crippen MR) is 76.7 cm³/mol. The third kappa shape index (κ3) is 3.37. The van der Waals surface area contributed by atoms with Gasteiger partial charge in [0, 0.05) is 6.26 Å². The Kier molecular flexibility index (Phi) is 4.31. The lowest BCUT2D eigenvalue weighted by Crippen LogP contribution is -2.30. The largest absolute Gasteiger partial charge is 0.388 e. The van der Waals surface area contributed by atoms with E-state index in [1.807, 2.05) is 31.2 Å². The van der Waals surface area contributed by atoms with Crippen molar-refractivity contribution >= 4 is 9.84 Å². The molecular weight excluding hydrogens is 260 g/mol. The quantitative estimate of drug-likeness (QED) is 0.927. The zero-order valence-corrected chi connectivity index (χ0v) is 12.4. The average molecular weight is 282 g/mol. The SMILES string of the molecule is Cc1ccccc1C(O)C1CCCC(S(C)(=O)=O)C1. The summed E-state index contributed by atoms with van der Waals surface area (Å²) in [6, 6.07) is 7.79. The summed E-state index contributed by atoms with van der Waals surface area (Å²) in [5.41, 5.74) is 2.00. The van der Waals surface area contributed by atoms with Crippen molar-refractivity contribution in [2.24, 2.45) is 5.92 Å². The Hall–Kier alpha value is -0.870. The van der Waals surface area contributed by atoms with Gasteiger partial charge >= 0.3 is 0 Å². The predicted octanol–water partition coefficient (Wildman–Crippen LogP) is 2.63. The van der Waals surface area contributed by atoms with Gasteiger partial charge in [-0.1, -0.05) is 30.7 Å². The number of hydrogen-bond donors (Lipinski definition) is 1. The minimum absolute atomic E-state index is 0.0505. The number of aliphatic hydroxyl groups excluding tert-OH is 1. The van der Waals surface area contributed by atoms with E-state index >= 15 is 0 Å². The zero-order chi connectivity index (χ0) is 14.0. The average Bonchev–Trinajstić information content (AvgIpc) is 2.38. The lowest BCUT2D eigenvalue weighted by atomic mass is 9.81. The molecule has 1 N–H and O–H groups in total. The second kappa shape index (κ2) is 5.63. The van der Waals surface area contributed by atoms with Crippen LogP contribution in [0, 0.1) is 12.8 Å². The van der Waals surface area contributed by atoms with Gasteiger partial charge in [0.2, 0.25) is 0 Å². The van der Waals surface area contributed by atoms with Crippen molar-refractivity contribution in [2.45, 2.75) is 44.0 Å². The van der Waals surface area contributed by atoms with Crippen molar-refractivity contribution in [2.75, 3.05) is 6.26 Å². The number of aliphatic hydroxyl groups is 1. The van der Waals surface area contributed by atoms with Crippen LogP contribution in [0.4, 0.5) is 0 Å². The molecule has 3 atom stereocenters. The van der Waals surface area contributed by atoms with Crippen LogP contribution in [0.1, 0.15) is 42.9 Å². The van der Waals surface area contributed by atoms with Gasteiger partial charge in [-0.05, 0) is 43.2 Å². The maximum absolute atomic E-state index is 11.7. The molecular formula is C15H22O3S. The van der Waals surface area contributed by atoms with E-state index in [-0.39, 0.29) is 11.2 Å². The summed E-state index contributed by atoms with van der Waals surface area (Å²) in [6.07, 6.45) is 3.85. The van der Waals surface area contributed by atoms with E-state index in [9.17, 15) is 13.5 Å². The third-order valence-corrected chi connectivity index (χ3v) is 5.86. The Balaban J connectivity index is 2.16.